The Balaban J connectivity index is 1.52. The first-order valence-electron chi connectivity index (χ1n) is 11.9. The fourth-order valence-corrected chi connectivity index (χ4v) is 5.18. The third kappa shape index (κ3) is 4.43. The topological polar surface area (TPSA) is 94.2 Å². The number of nitrogens with one attached hydrogen (secondary N) is 1. The zero-order valence-corrected chi connectivity index (χ0v) is 20.4. The predicted molar refractivity (Wildman–Crippen MR) is 135 cm³/mol. The summed E-state index contributed by atoms with van der Waals surface area (Å²) in [5.41, 5.74) is 3.44. The zero-order valence-electron chi connectivity index (χ0n) is 20.4. The summed E-state index contributed by atoms with van der Waals surface area (Å²) >= 11 is 0. The summed E-state index contributed by atoms with van der Waals surface area (Å²) in [4.78, 5) is 19.8. The second-order valence-electron chi connectivity index (χ2n) is 9.50. The standard InChI is InChI=1S/C27H28FN5O3/c1-4-36-24-11-18(8-9-22(24)17-6-5-7-21(28)10-17)27(34)32(2)26(20-15-33(3,35)16-20)23-14-29-12-19-13-30-31-25(19)23/h5-14,20,26H,4,15-16H2,1-3H3,(H,30,31). The van der Waals surface area contributed by atoms with E-state index in [0.717, 1.165) is 16.5 Å². The highest BCUT2D eigenvalue weighted by molar-refractivity contribution is 5.96. The maximum absolute atomic E-state index is 13.9. The number of carbonyl (C=O) groups excluding carboxylic acids is 1. The van der Waals surface area contributed by atoms with Crippen molar-refractivity contribution in [3.63, 3.8) is 0 Å². The Bertz CT molecular complexity index is 1410. The molecule has 2 aromatic carbocycles. The SMILES string of the molecule is CCOc1cc(C(=O)N(C)C(c2cncc3cn[nH]c23)C2C[N+](C)([O-])C2)ccc1-c1cccc(F)c1. The van der Waals surface area contributed by atoms with E-state index in [9.17, 15) is 14.4 Å². The maximum atomic E-state index is 13.9. The van der Waals surface area contributed by atoms with Gasteiger partial charge in [0.25, 0.3) is 5.91 Å². The molecule has 1 aliphatic rings. The summed E-state index contributed by atoms with van der Waals surface area (Å²) in [5, 5.41) is 20.4. The van der Waals surface area contributed by atoms with Crippen molar-refractivity contribution in [3.05, 3.63) is 83.2 Å². The largest absolute Gasteiger partial charge is 0.633 e. The normalized spacial score (nSPS) is 20.1. The number of halogens is 1. The molecule has 1 N–H and O–H groups in total. The third-order valence-corrected chi connectivity index (χ3v) is 6.79. The van der Waals surface area contributed by atoms with Crippen LogP contribution in [-0.4, -0.2) is 64.4 Å². The molecule has 0 bridgehead atoms. The van der Waals surface area contributed by atoms with Gasteiger partial charge in [-0.15, -0.1) is 0 Å². The molecule has 36 heavy (non-hydrogen) atoms. The fourth-order valence-electron chi connectivity index (χ4n) is 5.18. The van der Waals surface area contributed by atoms with Gasteiger partial charge in [0, 0.05) is 41.5 Å². The van der Waals surface area contributed by atoms with E-state index in [4.69, 9.17) is 4.74 Å². The lowest BCUT2D eigenvalue weighted by Gasteiger charge is -2.54. The number of aromatic amines is 1. The molecule has 0 saturated carbocycles. The molecule has 5 rings (SSSR count). The maximum Gasteiger partial charge on any atom is 0.254 e. The number of amides is 1. The summed E-state index contributed by atoms with van der Waals surface area (Å²) in [6, 6.07) is 11.1. The number of fused-ring (bicyclic) bond motifs is 1. The van der Waals surface area contributed by atoms with Crippen molar-refractivity contribution in [1.82, 2.24) is 20.1 Å². The Morgan fingerprint density at radius 1 is 1.25 bits per heavy atom. The first kappa shape index (κ1) is 23.9. The molecule has 0 spiro atoms. The number of hydroxylamine groups is 3. The highest BCUT2D eigenvalue weighted by atomic mass is 19.1. The molecular formula is C27H28FN5O3. The first-order valence-corrected chi connectivity index (χ1v) is 11.9. The van der Waals surface area contributed by atoms with Crippen molar-refractivity contribution in [3.8, 4) is 16.9 Å². The van der Waals surface area contributed by atoms with E-state index in [2.05, 4.69) is 15.2 Å². The molecule has 1 unspecified atom stereocenters. The fraction of sp³-hybridized carbons (Fsp3) is 0.296. The number of aromatic nitrogens is 3. The Morgan fingerprint density at radius 3 is 2.78 bits per heavy atom. The smallest absolute Gasteiger partial charge is 0.254 e. The number of likely N-dealkylation sites (tertiary alicyclic amines) is 1. The molecule has 3 heterocycles. The van der Waals surface area contributed by atoms with E-state index in [0.29, 0.717) is 42.1 Å². The summed E-state index contributed by atoms with van der Waals surface area (Å²) in [7, 11) is 3.39. The molecule has 1 atom stereocenters. The minimum absolute atomic E-state index is 0.0323. The monoisotopic (exact) mass is 489 g/mol. The minimum atomic E-state index is -0.368. The van der Waals surface area contributed by atoms with E-state index >= 15 is 0 Å². The predicted octanol–water partition coefficient (Wildman–Crippen LogP) is 4.55. The highest BCUT2D eigenvalue weighted by Crippen LogP contribution is 2.40. The highest BCUT2D eigenvalue weighted by Gasteiger charge is 2.44. The summed E-state index contributed by atoms with van der Waals surface area (Å²) < 4.78 is 19.4. The number of rotatable bonds is 7. The second kappa shape index (κ2) is 9.33. The van der Waals surface area contributed by atoms with Crippen molar-refractivity contribution < 1.29 is 18.6 Å². The van der Waals surface area contributed by atoms with E-state index in [1.54, 1.807) is 67.9 Å². The molecule has 1 fully saturated rings. The summed E-state index contributed by atoms with van der Waals surface area (Å²) in [6.45, 7) is 3.05. The third-order valence-electron chi connectivity index (χ3n) is 6.79. The van der Waals surface area contributed by atoms with Gasteiger partial charge in [0.15, 0.2) is 0 Å². The number of hydrogen-bond donors (Lipinski definition) is 1. The van der Waals surface area contributed by atoms with E-state index in [1.807, 2.05) is 6.92 Å². The molecule has 1 aliphatic heterocycles. The average Bonchev–Trinajstić information content (AvgIpc) is 3.32. The van der Waals surface area contributed by atoms with Crippen LogP contribution in [-0.2, 0) is 0 Å². The molecule has 1 amide bonds. The molecule has 0 radical (unpaired) electrons. The van der Waals surface area contributed by atoms with Crippen LogP contribution in [0.3, 0.4) is 0 Å². The second-order valence-corrected chi connectivity index (χ2v) is 9.50. The van der Waals surface area contributed by atoms with Crippen molar-refractivity contribution in [2.24, 2.45) is 5.92 Å². The van der Waals surface area contributed by atoms with Crippen LogP contribution in [0.5, 0.6) is 5.75 Å². The van der Waals surface area contributed by atoms with Gasteiger partial charge in [-0.25, -0.2) is 4.39 Å². The van der Waals surface area contributed by atoms with Gasteiger partial charge in [-0.1, -0.05) is 12.1 Å². The minimum Gasteiger partial charge on any atom is -0.633 e. The zero-order chi connectivity index (χ0) is 25.4. The number of nitrogens with zero attached hydrogens (tertiary/aromatic N) is 4. The quantitative estimate of drug-likeness (QED) is 0.304. The van der Waals surface area contributed by atoms with Crippen LogP contribution in [0.1, 0.15) is 28.9 Å². The number of quaternary nitrogens is 1. The Hall–Kier alpha value is -3.82. The van der Waals surface area contributed by atoms with Crippen LogP contribution >= 0.6 is 0 Å². The van der Waals surface area contributed by atoms with Crippen LogP contribution in [0.25, 0.3) is 22.0 Å². The van der Waals surface area contributed by atoms with Gasteiger partial charge in [-0.05, 0) is 42.8 Å². The Kier molecular flexibility index (Phi) is 6.19. The lowest BCUT2D eigenvalue weighted by atomic mass is 9.85. The van der Waals surface area contributed by atoms with Crippen LogP contribution in [0.2, 0.25) is 0 Å². The molecular weight excluding hydrogens is 461 g/mol. The van der Waals surface area contributed by atoms with E-state index < -0.39 is 0 Å². The Labute approximate surface area is 208 Å². The average molecular weight is 490 g/mol. The molecule has 186 valence electrons. The van der Waals surface area contributed by atoms with Crippen molar-refractivity contribution in [2.75, 3.05) is 33.8 Å². The Morgan fingerprint density at radius 2 is 2.06 bits per heavy atom. The van der Waals surface area contributed by atoms with Crippen LogP contribution in [0, 0.1) is 16.9 Å². The van der Waals surface area contributed by atoms with Crippen molar-refractivity contribution in [2.45, 2.75) is 13.0 Å². The summed E-state index contributed by atoms with van der Waals surface area (Å²) in [6.07, 6.45) is 5.15. The van der Waals surface area contributed by atoms with Gasteiger partial charge in [-0.2, -0.15) is 5.10 Å². The molecule has 2 aromatic heterocycles. The number of pyridine rings is 1. The lowest BCUT2D eigenvalue weighted by molar-refractivity contribution is -0.912. The van der Waals surface area contributed by atoms with Gasteiger partial charge in [0.1, 0.15) is 11.6 Å². The van der Waals surface area contributed by atoms with Gasteiger partial charge < -0.3 is 19.5 Å². The molecule has 8 nitrogen and oxygen atoms in total. The lowest BCUT2D eigenvalue weighted by Crippen LogP contribution is -2.60. The van der Waals surface area contributed by atoms with Crippen LogP contribution < -0.4 is 4.74 Å². The number of carbonyl (C=O) groups is 1. The number of hydrogen-bond acceptors (Lipinski definition) is 5. The van der Waals surface area contributed by atoms with Gasteiger partial charge >= 0.3 is 0 Å². The van der Waals surface area contributed by atoms with Gasteiger partial charge in [0.2, 0.25) is 0 Å². The number of benzene rings is 2. The van der Waals surface area contributed by atoms with Gasteiger partial charge in [-0.3, -0.25) is 14.9 Å². The molecule has 1 saturated heterocycles. The van der Waals surface area contributed by atoms with Crippen molar-refractivity contribution >= 4 is 16.8 Å². The number of H-pyrrole nitrogens is 1. The molecule has 4 aromatic rings. The first-order chi connectivity index (χ1) is 17.3. The van der Waals surface area contributed by atoms with Crippen LogP contribution in [0.4, 0.5) is 4.39 Å². The van der Waals surface area contributed by atoms with Crippen molar-refractivity contribution in [1.29, 1.82) is 0 Å². The summed E-state index contributed by atoms with van der Waals surface area (Å²) in [5.74, 6) is -0.0856. The van der Waals surface area contributed by atoms with Gasteiger partial charge in [0.05, 0.1) is 50.4 Å². The van der Waals surface area contributed by atoms with E-state index in [-0.39, 0.29) is 28.3 Å². The van der Waals surface area contributed by atoms with E-state index in [1.165, 1.54) is 12.1 Å². The van der Waals surface area contributed by atoms with Crippen LogP contribution in [0.15, 0.2) is 61.1 Å². The molecule has 0 aliphatic carbocycles. The molecule has 9 heteroatoms. The number of ether oxygens (including phenoxy) is 1.